The van der Waals surface area contributed by atoms with Crippen molar-refractivity contribution in [1.82, 2.24) is 0 Å². The summed E-state index contributed by atoms with van der Waals surface area (Å²) in [5.74, 6) is -3.85. The van der Waals surface area contributed by atoms with Gasteiger partial charge in [-0.3, -0.25) is 14.2 Å². The van der Waals surface area contributed by atoms with E-state index in [0.29, 0.717) is 0 Å². The Morgan fingerprint density at radius 2 is 2.00 bits per heavy atom. The molecular weight excluding hydrogens is 243 g/mol. The zero-order valence-corrected chi connectivity index (χ0v) is 9.23. The Morgan fingerprint density at radius 3 is 2.33 bits per heavy atom. The maximum Gasteiger partial charge on any atom is 0.320 e. The minimum absolute atomic E-state index is 0.0374. The topological polar surface area (TPSA) is 112 Å². The van der Waals surface area contributed by atoms with Gasteiger partial charge in [0.05, 0.1) is 5.92 Å². The number of carboxylic acid groups (broad SMARTS) is 2. The number of aliphatic carboxylic acids is 2. The van der Waals surface area contributed by atoms with E-state index in [1.54, 1.807) is 0 Å². The summed E-state index contributed by atoms with van der Waals surface area (Å²) in [4.78, 5) is 30.9. The van der Waals surface area contributed by atoms with Crippen LogP contribution in [0, 0.1) is 11.8 Å². The molecule has 15 heavy (non-hydrogen) atoms. The van der Waals surface area contributed by atoms with Crippen LogP contribution >= 0.6 is 19.8 Å². The van der Waals surface area contributed by atoms with Crippen molar-refractivity contribution in [2.24, 2.45) is 11.8 Å². The van der Waals surface area contributed by atoms with Gasteiger partial charge in [-0.2, -0.15) is 11.8 Å². The quantitative estimate of drug-likeness (QED) is 0.592. The summed E-state index contributed by atoms with van der Waals surface area (Å²) in [6.45, 7) is 0. The van der Waals surface area contributed by atoms with E-state index in [0.717, 1.165) is 0 Å². The summed E-state index contributed by atoms with van der Waals surface area (Å²) in [5.41, 5.74) is 0. The van der Waals surface area contributed by atoms with Crippen molar-refractivity contribution in [3.8, 4) is 0 Å². The summed E-state index contributed by atoms with van der Waals surface area (Å²) in [6, 6.07) is 0. The van der Waals surface area contributed by atoms with Crippen LogP contribution in [0.25, 0.3) is 0 Å². The molecule has 0 radical (unpaired) electrons. The van der Waals surface area contributed by atoms with Crippen molar-refractivity contribution in [2.75, 3.05) is 5.75 Å². The lowest BCUT2D eigenvalue weighted by Gasteiger charge is -2.22. The first-order valence-corrected chi connectivity index (χ1v) is 6.64. The van der Waals surface area contributed by atoms with Gasteiger partial charge in [0.15, 0.2) is 5.16 Å². The van der Waals surface area contributed by atoms with Gasteiger partial charge in [-0.1, -0.05) is 0 Å². The van der Waals surface area contributed by atoms with Crippen molar-refractivity contribution in [3.63, 3.8) is 0 Å². The molecule has 1 aliphatic carbocycles. The molecule has 1 saturated carbocycles. The smallest absolute Gasteiger partial charge is 0.320 e. The maximum atomic E-state index is 11.2. The summed E-state index contributed by atoms with van der Waals surface area (Å²) in [5, 5.41) is 15.7. The fourth-order valence-electron chi connectivity index (χ4n) is 2.20. The van der Waals surface area contributed by atoms with Gasteiger partial charge >= 0.3 is 11.9 Å². The average Bonchev–Trinajstić information content (AvgIpc) is 2.70. The second-order valence-corrected chi connectivity index (χ2v) is 6.42. The van der Waals surface area contributed by atoms with Crippen LogP contribution in [0.15, 0.2) is 0 Å². The molecule has 8 heteroatoms. The molecule has 2 aliphatic rings. The van der Waals surface area contributed by atoms with Crippen molar-refractivity contribution in [1.29, 1.82) is 0 Å². The predicted molar refractivity (Wildman–Crippen MR) is 52.4 cm³/mol. The Balaban J connectivity index is 2.34. The molecule has 1 heterocycles. The van der Waals surface area contributed by atoms with Gasteiger partial charge in [0.2, 0.25) is 8.03 Å². The lowest BCUT2D eigenvalue weighted by Crippen LogP contribution is -2.39. The van der Waals surface area contributed by atoms with E-state index < -0.39 is 37.0 Å². The van der Waals surface area contributed by atoms with Crippen LogP contribution in [0.2, 0.25) is 0 Å². The van der Waals surface area contributed by atoms with E-state index in [2.05, 4.69) is 0 Å². The van der Waals surface area contributed by atoms with Crippen LogP contribution in [-0.4, -0.2) is 43.2 Å². The zero-order valence-electron chi connectivity index (χ0n) is 7.41. The van der Waals surface area contributed by atoms with Gasteiger partial charge in [0.25, 0.3) is 0 Å². The third kappa shape index (κ3) is 1.26. The molecule has 0 aromatic heterocycles. The molecule has 6 nitrogen and oxygen atoms in total. The van der Waals surface area contributed by atoms with Crippen LogP contribution in [-0.2, 0) is 14.2 Å². The van der Waals surface area contributed by atoms with Crippen molar-refractivity contribution < 1.29 is 29.3 Å². The molecule has 2 fully saturated rings. The van der Waals surface area contributed by atoms with Gasteiger partial charge in [0, 0.05) is 16.9 Å². The summed E-state index contributed by atoms with van der Waals surface area (Å²) < 4.78 is 11.2. The number of hydrogen-bond acceptors (Lipinski definition) is 4. The Bertz CT molecular complexity index is 354. The standard InChI is InChI=1S/C7H9O6PS/c8-5(9)2-3-4(2)15-1-7(3,6(10)11)14(12)13/h2-4,14H,1H2,(H,8,9)(H,10,11)(H,12,13). The predicted octanol–water partition coefficient (Wildman–Crippen LogP) is -0.277. The molecule has 0 spiro atoms. The highest BCUT2D eigenvalue weighted by Crippen LogP contribution is 2.68. The highest BCUT2D eigenvalue weighted by molar-refractivity contribution is 8.01. The largest absolute Gasteiger partial charge is 0.481 e. The first kappa shape index (κ1) is 11.0. The molecule has 3 N–H and O–H groups in total. The number of fused-ring (bicyclic) bond motifs is 1. The van der Waals surface area contributed by atoms with E-state index >= 15 is 0 Å². The van der Waals surface area contributed by atoms with Crippen LogP contribution in [0.1, 0.15) is 0 Å². The summed E-state index contributed by atoms with van der Waals surface area (Å²) in [6.07, 6.45) is 0. The molecule has 0 aromatic rings. The van der Waals surface area contributed by atoms with E-state index in [1.165, 1.54) is 11.8 Å². The van der Waals surface area contributed by atoms with Crippen LogP contribution in [0.4, 0.5) is 0 Å². The van der Waals surface area contributed by atoms with Crippen LogP contribution in [0.3, 0.4) is 0 Å². The summed E-state index contributed by atoms with van der Waals surface area (Å²) >= 11 is 1.18. The number of thioether (sulfide) groups is 1. The third-order valence-corrected chi connectivity index (χ3v) is 6.41. The minimum atomic E-state index is -3.28. The van der Waals surface area contributed by atoms with Crippen molar-refractivity contribution >= 4 is 31.7 Å². The van der Waals surface area contributed by atoms with Gasteiger partial charge < -0.3 is 15.1 Å². The Labute approximate surface area is 89.5 Å². The number of carbonyl (C=O) groups is 2. The van der Waals surface area contributed by atoms with E-state index in [1.807, 2.05) is 0 Å². The van der Waals surface area contributed by atoms with Gasteiger partial charge in [-0.15, -0.1) is 0 Å². The van der Waals surface area contributed by atoms with Gasteiger partial charge in [-0.25, -0.2) is 0 Å². The molecule has 5 unspecified atom stereocenters. The van der Waals surface area contributed by atoms with Gasteiger partial charge in [-0.05, 0) is 0 Å². The Hall–Kier alpha value is -0.520. The van der Waals surface area contributed by atoms with E-state index in [9.17, 15) is 14.2 Å². The van der Waals surface area contributed by atoms with Crippen molar-refractivity contribution in [3.05, 3.63) is 0 Å². The normalized spacial score (nSPS) is 44.5. The minimum Gasteiger partial charge on any atom is -0.481 e. The SMILES string of the molecule is O=C(O)C1C2SCC(C(=O)O)([PH](=O)O)C21. The second kappa shape index (κ2) is 3.23. The highest BCUT2D eigenvalue weighted by atomic mass is 32.2. The number of hydrogen-bond donors (Lipinski definition) is 3. The monoisotopic (exact) mass is 252 g/mol. The Kier molecular flexibility index (Phi) is 2.37. The molecule has 0 amide bonds. The van der Waals surface area contributed by atoms with Gasteiger partial charge in [0.1, 0.15) is 0 Å². The number of carboxylic acids is 2. The average molecular weight is 252 g/mol. The molecule has 5 atom stereocenters. The molecule has 2 rings (SSSR count). The maximum absolute atomic E-state index is 11.2. The molecule has 84 valence electrons. The molecule has 1 aliphatic heterocycles. The third-order valence-electron chi connectivity index (χ3n) is 3.07. The van der Waals surface area contributed by atoms with Crippen LogP contribution < -0.4 is 0 Å². The fourth-order valence-corrected chi connectivity index (χ4v) is 5.67. The molecular formula is C7H9O6PS. The van der Waals surface area contributed by atoms with Crippen molar-refractivity contribution in [2.45, 2.75) is 10.4 Å². The zero-order chi connectivity index (χ0) is 11.4. The Morgan fingerprint density at radius 1 is 1.40 bits per heavy atom. The first-order chi connectivity index (χ1) is 6.93. The lowest BCUT2D eigenvalue weighted by molar-refractivity contribution is -0.141. The number of rotatable bonds is 3. The molecule has 0 bridgehead atoms. The highest BCUT2D eigenvalue weighted by Gasteiger charge is 2.74. The first-order valence-electron chi connectivity index (χ1n) is 4.24. The molecule has 1 saturated heterocycles. The fraction of sp³-hybridized carbons (Fsp3) is 0.714. The van der Waals surface area contributed by atoms with Crippen LogP contribution in [0.5, 0.6) is 0 Å². The second-order valence-electron chi connectivity index (χ2n) is 3.75. The summed E-state index contributed by atoms with van der Waals surface area (Å²) in [7, 11) is -3.28. The lowest BCUT2D eigenvalue weighted by atomic mass is 10.0. The van der Waals surface area contributed by atoms with E-state index in [4.69, 9.17) is 15.1 Å². The van der Waals surface area contributed by atoms with E-state index in [-0.39, 0.29) is 11.0 Å². The molecule has 0 aromatic carbocycles.